The van der Waals surface area contributed by atoms with E-state index in [1.54, 1.807) is 0 Å². The first kappa shape index (κ1) is 17.3. The van der Waals surface area contributed by atoms with Crippen LogP contribution >= 0.6 is 0 Å². The number of para-hydroxylation sites is 2. The van der Waals surface area contributed by atoms with E-state index in [0.29, 0.717) is 5.92 Å². The van der Waals surface area contributed by atoms with E-state index >= 15 is 0 Å². The van der Waals surface area contributed by atoms with E-state index in [9.17, 15) is 0 Å². The summed E-state index contributed by atoms with van der Waals surface area (Å²) in [5.74, 6) is 1.70. The average Bonchev–Trinajstić information content (AvgIpc) is 3.00. The van der Waals surface area contributed by atoms with Gasteiger partial charge in [-0.3, -0.25) is 4.90 Å². The zero-order valence-corrected chi connectivity index (χ0v) is 15.7. The van der Waals surface area contributed by atoms with Gasteiger partial charge in [0, 0.05) is 19.6 Å². The van der Waals surface area contributed by atoms with E-state index in [1.165, 1.54) is 16.6 Å². The maximum absolute atomic E-state index is 5.48. The van der Waals surface area contributed by atoms with Gasteiger partial charge in [-0.05, 0) is 29.2 Å². The highest BCUT2D eigenvalue weighted by atomic mass is 16.5. The highest BCUT2D eigenvalue weighted by molar-refractivity contribution is 5.76. The first-order valence-electron chi connectivity index (χ1n) is 9.54. The topological polar surface area (TPSA) is 30.3 Å². The second-order valence-electron chi connectivity index (χ2n) is 7.39. The van der Waals surface area contributed by atoms with Crippen molar-refractivity contribution in [3.05, 3.63) is 65.5 Å². The lowest BCUT2D eigenvalue weighted by molar-refractivity contribution is 0.0327. The number of hydrogen-bond acceptors (Lipinski definition) is 3. The van der Waals surface area contributed by atoms with Crippen molar-refractivity contribution in [3.8, 4) is 0 Å². The lowest BCUT2D eigenvalue weighted by atomic mass is 10.0. The molecule has 0 amide bonds. The van der Waals surface area contributed by atoms with Crippen LogP contribution in [-0.4, -0.2) is 40.8 Å². The quantitative estimate of drug-likeness (QED) is 0.696. The molecule has 26 heavy (non-hydrogen) atoms. The minimum absolute atomic E-state index is 0.565. The molecule has 0 unspecified atom stereocenters. The summed E-state index contributed by atoms with van der Waals surface area (Å²) in [6.07, 6.45) is 0. The average molecular weight is 349 g/mol. The third-order valence-corrected chi connectivity index (χ3v) is 5.19. The van der Waals surface area contributed by atoms with E-state index in [1.807, 2.05) is 0 Å². The Hall–Kier alpha value is -2.17. The van der Waals surface area contributed by atoms with Gasteiger partial charge in [-0.15, -0.1) is 0 Å². The fourth-order valence-corrected chi connectivity index (χ4v) is 3.57. The SMILES string of the molecule is CC(C)c1ccc(Cn2c(CN3CCOCC3)nc3ccccc32)cc1. The van der Waals surface area contributed by atoms with Crippen LogP contribution in [0.5, 0.6) is 0 Å². The van der Waals surface area contributed by atoms with Crippen molar-refractivity contribution in [2.75, 3.05) is 26.3 Å². The van der Waals surface area contributed by atoms with Gasteiger partial charge in [0.15, 0.2) is 0 Å². The van der Waals surface area contributed by atoms with E-state index in [-0.39, 0.29) is 0 Å². The molecule has 1 aromatic heterocycles. The largest absolute Gasteiger partial charge is 0.379 e. The number of nitrogens with zero attached hydrogens (tertiary/aromatic N) is 3. The Morgan fingerprint density at radius 2 is 1.69 bits per heavy atom. The highest BCUT2D eigenvalue weighted by Gasteiger charge is 2.16. The Bertz CT molecular complexity index is 861. The van der Waals surface area contributed by atoms with Gasteiger partial charge in [-0.2, -0.15) is 0 Å². The molecule has 0 saturated carbocycles. The Morgan fingerprint density at radius 3 is 2.42 bits per heavy atom. The molecule has 1 fully saturated rings. The first-order chi connectivity index (χ1) is 12.7. The number of rotatable bonds is 5. The van der Waals surface area contributed by atoms with E-state index in [4.69, 9.17) is 9.72 Å². The van der Waals surface area contributed by atoms with Crippen LogP contribution in [0.3, 0.4) is 0 Å². The predicted molar refractivity (Wildman–Crippen MR) is 105 cm³/mol. The third kappa shape index (κ3) is 3.67. The summed E-state index contributed by atoms with van der Waals surface area (Å²) in [5, 5.41) is 0. The maximum Gasteiger partial charge on any atom is 0.124 e. The fraction of sp³-hybridized carbons (Fsp3) is 0.409. The van der Waals surface area contributed by atoms with Crippen molar-refractivity contribution >= 4 is 11.0 Å². The van der Waals surface area contributed by atoms with Gasteiger partial charge in [-0.1, -0.05) is 50.2 Å². The molecular weight excluding hydrogens is 322 g/mol. The van der Waals surface area contributed by atoms with Crippen molar-refractivity contribution in [3.63, 3.8) is 0 Å². The number of fused-ring (bicyclic) bond motifs is 1. The van der Waals surface area contributed by atoms with Crippen molar-refractivity contribution in [2.24, 2.45) is 0 Å². The molecule has 1 aliphatic heterocycles. The molecule has 2 aromatic carbocycles. The van der Waals surface area contributed by atoms with Crippen LogP contribution in [0.15, 0.2) is 48.5 Å². The monoisotopic (exact) mass is 349 g/mol. The van der Waals surface area contributed by atoms with E-state index in [2.05, 4.69) is 71.8 Å². The van der Waals surface area contributed by atoms with Crippen LogP contribution in [-0.2, 0) is 17.8 Å². The van der Waals surface area contributed by atoms with Crippen LogP contribution in [0.2, 0.25) is 0 Å². The molecule has 4 rings (SSSR count). The van der Waals surface area contributed by atoms with Gasteiger partial charge >= 0.3 is 0 Å². The summed E-state index contributed by atoms with van der Waals surface area (Å²) in [6.45, 7) is 9.80. The number of aromatic nitrogens is 2. The lowest BCUT2D eigenvalue weighted by Crippen LogP contribution is -2.36. The first-order valence-corrected chi connectivity index (χ1v) is 9.54. The zero-order valence-electron chi connectivity index (χ0n) is 15.7. The van der Waals surface area contributed by atoms with Crippen molar-refractivity contribution in [1.82, 2.24) is 14.5 Å². The Morgan fingerprint density at radius 1 is 0.962 bits per heavy atom. The Labute approximate surface area is 155 Å². The Kier molecular flexibility index (Phi) is 5.05. The van der Waals surface area contributed by atoms with Crippen LogP contribution in [0.25, 0.3) is 11.0 Å². The smallest absolute Gasteiger partial charge is 0.124 e. The number of morpholine rings is 1. The van der Waals surface area contributed by atoms with Gasteiger partial charge < -0.3 is 9.30 Å². The molecule has 3 aromatic rings. The number of hydrogen-bond donors (Lipinski definition) is 0. The molecular formula is C22H27N3O. The predicted octanol–water partition coefficient (Wildman–Crippen LogP) is 4.04. The molecule has 1 aliphatic rings. The normalized spacial score (nSPS) is 15.8. The molecule has 136 valence electrons. The summed E-state index contributed by atoms with van der Waals surface area (Å²) < 4.78 is 7.85. The van der Waals surface area contributed by atoms with E-state index < -0.39 is 0 Å². The van der Waals surface area contributed by atoms with Gasteiger partial charge in [-0.25, -0.2) is 4.98 Å². The lowest BCUT2D eigenvalue weighted by Gasteiger charge is -2.26. The van der Waals surface area contributed by atoms with Gasteiger partial charge in [0.25, 0.3) is 0 Å². The minimum atomic E-state index is 0.565. The minimum Gasteiger partial charge on any atom is -0.379 e. The molecule has 0 spiro atoms. The fourth-order valence-electron chi connectivity index (χ4n) is 3.57. The summed E-state index contributed by atoms with van der Waals surface area (Å²) in [4.78, 5) is 7.36. The third-order valence-electron chi connectivity index (χ3n) is 5.19. The maximum atomic E-state index is 5.48. The molecule has 4 nitrogen and oxygen atoms in total. The van der Waals surface area contributed by atoms with Crippen molar-refractivity contribution in [1.29, 1.82) is 0 Å². The van der Waals surface area contributed by atoms with Crippen molar-refractivity contribution < 1.29 is 4.74 Å². The number of ether oxygens (including phenoxy) is 1. The molecule has 2 heterocycles. The summed E-state index contributed by atoms with van der Waals surface area (Å²) in [6, 6.07) is 17.5. The number of benzene rings is 2. The molecule has 0 radical (unpaired) electrons. The second kappa shape index (κ2) is 7.60. The van der Waals surface area contributed by atoms with Gasteiger partial charge in [0.05, 0.1) is 30.8 Å². The standard InChI is InChI=1S/C22H27N3O/c1-17(2)19-9-7-18(8-10-19)15-25-21-6-4-3-5-20(21)23-22(25)16-24-11-13-26-14-12-24/h3-10,17H,11-16H2,1-2H3. The van der Waals surface area contributed by atoms with Crippen LogP contribution in [0, 0.1) is 0 Å². The molecule has 0 aliphatic carbocycles. The van der Waals surface area contributed by atoms with Crippen LogP contribution in [0.4, 0.5) is 0 Å². The number of imidazole rings is 1. The Balaban J connectivity index is 1.64. The summed E-state index contributed by atoms with van der Waals surface area (Å²) >= 11 is 0. The second-order valence-corrected chi connectivity index (χ2v) is 7.39. The zero-order chi connectivity index (χ0) is 17.9. The highest BCUT2D eigenvalue weighted by Crippen LogP contribution is 2.21. The van der Waals surface area contributed by atoms with Crippen LogP contribution in [0.1, 0.15) is 36.7 Å². The molecule has 0 bridgehead atoms. The molecule has 4 heteroatoms. The van der Waals surface area contributed by atoms with E-state index in [0.717, 1.165) is 50.7 Å². The molecule has 0 N–H and O–H groups in total. The summed E-state index contributed by atoms with van der Waals surface area (Å²) in [5.41, 5.74) is 5.00. The molecule has 1 saturated heterocycles. The summed E-state index contributed by atoms with van der Waals surface area (Å²) in [7, 11) is 0. The van der Waals surface area contributed by atoms with Crippen molar-refractivity contribution in [2.45, 2.75) is 32.9 Å². The van der Waals surface area contributed by atoms with Gasteiger partial charge in [0.2, 0.25) is 0 Å². The van der Waals surface area contributed by atoms with Gasteiger partial charge in [0.1, 0.15) is 5.82 Å². The van der Waals surface area contributed by atoms with Crippen LogP contribution < -0.4 is 0 Å². The molecule has 0 atom stereocenters.